The molecule has 0 aliphatic carbocycles. The van der Waals surface area contributed by atoms with Crippen molar-refractivity contribution in [3.05, 3.63) is 15.8 Å². The zero-order chi connectivity index (χ0) is 14.7. The van der Waals surface area contributed by atoms with Gasteiger partial charge in [0.1, 0.15) is 5.69 Å². The van der Waals surface area contributed by atoms with Crippen LogP contribution in [0.15, 0.2) is 0 Å². The van der Waals surface area contributed by atoms with Crippen LogP contribution >= 0.6 is 0 Å². The molecule has 20 heavy (non-hydrogen) atoms. The third kappa shape index (κ3) is 2.96. The first-order chi connectivity index (χ1) is 9.52. The highest BCUT2D eigenvalue weighted by atomic mass is 16.6. The van der Waals surface area contributed by atoms with Crippen molar-refractivity contribution in [1.82, 2.24) is 14.9 Å². The molecule has 110 valence electrons. The van der Waals surface area contributed by atoms with Crippen molar-refractivity contribution in [2.24, 2.45) is 0 Å². The number of nitrogens with one attached hydrogen (secondary N) is 2. The van der Waals surface area contributed by atoms with E-state index < -0.39 is 4.92 Å². The molecule has 1 fully saturated rings. The van der Waals surface area contributed by atoms with E-state index in [4.69, 9.17) is 0 Å². The fourth-order valence-corrected chi connectivity index (χ4v) is 2.47. The topological polar surface area (TPSA) is 96.2 Å². The van der Waals surface area contributed by atoms with E-state index >= 15 is 0 Å². The second kappa shape index (κ2) is 6.00. The Morgan fingerprint density at radius 3 is 2.80 bits per heavy atom. The minimum atomic E-state index is -0.435. The monoisotopic (exact) mass is 280 g/mol. The standard InChI is InChI=1S/C12H20N6O2/c1-8-10(18(19)20)11(16-12(13-2)15-8)14-7-9-5-4-6-17(9)3/h9H,4-7H2,1-3H3,(H2,13,14,15,16). The Morgan fingerprint density at radius 2 is 2.25 bits per heavy atom. The van der Waals surface area contributed by atoms with Crippen LogP contribution in [0.1, 0.15) is 18.5 Å². The summed E-state index contributed by atoms with van der Waals surface area (Å²) in [5, 5.41) is 17.1. The Labute approximate surface area is 117 Å². The van der Waals surface area contributed by atoms with Crippen LogP contribution in [0.25, 0.3) is 0 Å². The number of likely N-dealkylation sites (N-methyl/N-ethyl adjacent to an activating group) is 1. The summed E-state index contributed by atoms with van der Waals surface area (Å²) in [6.07, 6.45) is 2.26. The van der Waals surface area contributed by atoms with Gasteiger partial charge in [-0.05, 0) is 33.4 Å². The lowest BCUT2D eigenvalue weighted by Crippen LogP contribution is -2.32. The number of aromatic nitrogens is 2. The van der Waals surface area contributed by atoms with Gasteiger partial charge in [-0.2, -0.15) is 4.98 Å². The van der Waals surface area contributed by atoms with Gasteiger partial charge in [0.25, 0.3) is 0 Å². The van der Waals surface area contributed by atoms with E-state index in [9.17, 15) is 10.1 Å². The second-order valence-electron chi connectivity index (χ2n) is 4.99. The maximum atomic E-state index is 11.2. The molecule has 0 bridgehead atoms. The van der Waals surface area contributed by atoms with E-state index in [-0.39, 0.29) is 11.5 Å². The van der Waals surface area contributed by atoms with Crippen molar-refractivity contribution in [3.8, 4) is 0 Å². The van der Waals surface area contributed by atoms with Crippen molar-refractivity contribution in [3.63, 3.8) is 0 Å². The fourth-order valence-electron chi connectivity index (χ4n) is 2.47. The molecule has 1 atom stereocenters. The third-order valence-electron chi connectivity index (χ3n) is 3.64. The maximum Gasteiger partial charge on any atom is 0.332 e. The molecule has 0 spiro atoms. The lowest BCUT2D eigenvalue weighted by Gasteiger charge is -2.20. The van der Waals surface area contributed by atoms with Crippen molar-refractivity contribution in [2.75, 3.05) is 37.8 Å². The molecule has 0 amide bonds. The van der Waals surface area contributed by atoms with Gasteiger partial charge in [0, 0.05) is 19.6 Å². The molecule has 0 saturated carbocycles. The number of aryl methyl sites for hydroxylation is 1. The molecule has 8 nitrogen and oxygen atoms in total. The first-order valence-electron chi connectivity index (χ1n) is 6.67. The first kappa shape index (κ1) is 14.4. The number of rotatable bonds is 5. The molecule has 2 N–H and O–H groups in total. The van der Waals surface area contributed by atoms with Gasteiger partial charge in [-0.3, -0.25) is 10.1 Å². The SMILES string of the molecule is CNc1nc(C)c([N+](=O)[O-])c(NCC2CCCN2C)n1. The van der Waals surface area contributed by atoms with Gasteiger partial charge in [-0.25, -0.2) is 4.98 Å². The summed E-state index contributed by atoms with van der Waals surface area (Å²) < 4.78 is 0. The van der Waals surface area contributed by atoms with E-state index in [1.807, 2.05) is 0 Å². The van der Waals surface area contributed by atoms with Gasteiger partial charge in [-0.1, -0.05) is 0 Å². The summed E-state index contributed by atoms with van der Waals surface area (Å²) in [5.41, 5.74) is 0.307. The zero-order valence-corrected chi connectivity index (χ0v) is 12.0. The molecule has 0 radical (unpaired) electrons. The van der Waals surface area contributed by atoms with E-state index in [1.165, 1.54) is 0 Å². The lowest BCUT2D eigenvalue weighted by atomic mass is 10.2. The van der Waals surface area contributed by atoms with Crippen LogP contribution < -0.4 is 10.6 Å². The Kier molecular flexibility index (Phi) is 4.33. The van der Waals surface area contributed by atoms with Crippen molar-refractivity contribution in [2.45, 2.75) is 25.8 Å². The van der Waals surface area contributed by atoms with Crippen LogP contribution in [0.2, 0.25) is 0 Å². The quantitative estimate of drug-likeness (QED) is 0.618. The van der Waals surface area contributed by atoms with Gasteiger partial charge in [0.05, 0.1) is 4.92 Å². The predicted molar refractivity (Wildman–Crippen MR) is 77.1 cm³/mol. The number of hydrogen-bond acceptors (Lipinski definition) is 7. The van der Waals surface area contributed by atoms with E-state index in [1.54, 1.807) is 14.0 Å². The molecule has 1 aliphatic rings. The second-order valence-corrected chi connectivity index (χ2v) is 4.99. The molecule has 2 rings (SSSR count). The minimum absolute atomic E-state index is 0.0513. The maximum absolute atomic E-state index is 11.2. The average Bonchev–Trinajstić information content (AvgIpc) is 2.80. The van der Waals surface area contributed by atoms with E-state index in [0.29, 0.717) is 24.2 Å². The van der Waals surface area contributed by atoms with Crippen LogP contribution in [0.5, 0.6) is 0 Å². The number of nitrogens with zero attached hydrogens (tertiary/aromatic N) is 4. The van der Waals surface area contributed by atoms with Gasteiger partial charge in [-0.15, -0.1) is 0 Å². The highest BCUT2D eigenvalue weighted by Gasteiger charge is 2.25. The predicted octanol–water partition coefficient (Wildman–Crippen LogP) is 1.24. The Balaban J connectivity index is 2.20. The molecule has 1 unspecified atom stereocenters. The average molecular weight is 280 g/mol. The van der Waals surface area contributed by atoms with Gasteiger partial charge >= 0.3 is 5.69 Å². The highest BCUT2D eigenvalue weighted by Crippen LogP contribution is 2.27. The van der Waals surface area contributed by atoms with Crippen LogP contribution in [0.4, 0.5) is 17.5 Å². The third-order valence-corrected chi connectivity index (χ3v) is 3.64. The molecular weight excluding hydrogens is 260 g/mol. The zero-order valence-electron chi connectivity index (χ0n) is 12.0. The van der Waals surface area contributed by atoms with Crippen LogP contribution in [-0.4, -0.2) is 53.0 Å². The molecular formula is C12H20N6O2. The van der Waals surface area contributed by atoms with Crippen LogP contribution in [-0.2, 0) is 0 Å². The molecule has 1 aliphatic heterocycles. The molecule has 1 aromatic rings. The van der Waals surface area contributed by atoms with Crippen molar-refractivity contribution in [1.29, 1.82) is 0 Å². The van der Waals surface area contributed by atoms with E-state index in [0.717, 1.165) is 19.4 Å². The molecule has 1 aromatic heterocycles. The van der Waals surface area contributed by atoms with Gasteiger partial charge in [0.2, 0.25) is 11.8 Å². The van der Waals surface area contributed by atoms with Gasteiger partial charge in [0.15, 0.2) is 0 Å². The largest absolute Gasteiger partial charge is 0.363 e. The number of hydrogen-bond donors (Lipinski definition) is 2. The fraction of sp³-hybridized carbons (Fsp3) is 0.667. The van der Waals surface area contributed by atoms with Gasteiger partial charge < -0.3 is 15.5 Å². The first-order valence-corrected chi connectivity index (χ1v) is 6.67. The number of nitro groups is 1. The molecule has 8 heteroatoms. The van der Waals surface area contributed by atoms with E-state index in [2.05, 4.69) is 32.5 Å². The summed E-state index contributed by atoms with van der Waals surface area (Å²) in [6, 6.07) is 0.392. The summed E-state index contributed by atoms with van der Waals surface area (Å²) in [6.45, 7) is 3.34. The number of anilines is 2. The Bertz CT molecular complexity index is 507. The van der Waals surface area contributed by atoms with Crippen LogP contribution in [0, 0.1) is 17.0 Å². The van der Waals surface area contributed by atoms with Crippen LogP contribution in [0.3, 0.4) is 0 Å². The molecule has 1 saturated heterocycles. The van der Waals surface area contributed by atoms with Crippen molar-refractivity contribution >= 4 is 17.5 Å². The molecule has 0 aromatic carbocycles. The summed E-state index contributed by atoms with van der Waals surface area (Å²) >= 11 is 0. The summed E-state index contributed by atoms with van der Waals surface area (Å²) in [7, 11) is 3.76. The highest BCUT2D eigenvalue weighted by molar-refractivity contribution is 5.60. The summed E-state index contributed by atoms with van der Waals surface area (Å²) in [5.74, 6) is 0.669. The Morgan fingerprint density at radius 1 is 1.50 bits per heavy atom. The van der Waals surface area contributed by atoms with Crippen molar-refractivity contribution < 1.29 is 4.92 Å². The summed E-state index contributed by atoms with van der Waals surface area (Å²) in [4.78, 5) is 21.2. The smallest absolute Gasteiger partial charge is 0.332 e. The minimum Gasteiger partial charge on any atom is -0.363 e. The normalized spacial score (nSPS) is 19.1. The number of likely N-dealkylation sites (tertiary alicyclic amines) is 1. The lowest BCUT2D eigenvalue weighted by molar-refractivity contribution is -0.385. The Hall–Kier alpha value is -1.96. The molecule has 2 heterocycles.